The van der Waals surface area contributed by atoms with Crippen molar-refractivity contribution < 1.29 is 4.79 Å². The summed E-state index contributed by atoms with van der Waals surface area (Å²) in [4.78, 5) is 31.3. The third-order valence-electron chi connectivity index (χ3n) is 5.62. The van der Waals surface area contributed by atoms with Gasteiger partial charge >= 0.3 is 0 Å². The molecule has 0 unspecified atom stereocenters. The van der Waals surface area contributed by atoms with E-state index in [1.54, 1.807) is 25.3 Å². The van der Waals surface area contributed by atoms with Gasteiger partial charge < -0.3 is 15.5 Å². The van der Waals surface area contributed by atoms with Gasteiger partial charge in [-0.3, -0.25) is 4.79 Å². The number of thiophene rings is 1. The first kappa shape index (κ1) is 19.6. The highest BCUT2D eigenvalue weighted by atomic mass is 32.1. The van der Waals surface area contributed by atoms with Crippen LogP contribution < -0.4 is 10.6 Å². The molecule has 3 aromatic rings. The molecule has 2 N–H and O–H groups in total. The zero-order valence-corrected chi connectivity index (χ0v) is 18.1. The first-order chi connectivity index (χ1) is 13.8. The second-order valence-electron chi connectivity index (χ2n) is 8.20. The Morgan fingerprint density at radius 1 is 1.31 bits per heavy atom. The lowest BCUT2D eigenvalue weighted by molar-refractivity contribution is 0.0833. The number of pyridine rings is 1. The molecule has 29 heavy (non-hydrogen) atoms. The minimum atomic E-state index is -0.101. The highest BCUT2D eigenvalue weighted by Gasteiger charge is 2.35. The van der Waals surface area contributed by atoms with Crippen LogP contribution in [0.5, 0.6) is 0 Å². The van der Waals surface area contributed by atoms with Gasteiger partial charge in [0.1, 0.15) is 21.9 Å². The summed E-state index contributed by atoms with van der Waals surface area (Å²) in [5.74, 6) is 0.880. The quantitative estimate of drug-likeness (QED) is 0.713. The lowest BCUT2D eigenvalue weighted by atomic mass is 9.78. The molecule has 1 atom stereocenters. The SMILES string of the molecule is Cc1cc(N2CCC[C@@](C)(c3ccc4c(N)c(C(=O)N(C)C)sc4n3)C2)ncn1. The fraction of sp³-hybridized carbons (Fsp3) is 0.429. The Morgan fingerprint density at radius 3 is 2.83 bits per heavy atom. The van der Waals surface area contributed by atoms with Gasteiger partial charge in [0.2, 0.25) is 0 Å². The highest BCUT2D eigenvalue weighted by molar-refractivity contribution is 7.21. The number of carbonyl (C=O) groups excluding carboxylic acids is 1. The van der Waals surface area contributed by atoms with Crippen LogP contribution in [0.1, 0.15) is 40.8 Å². The van der Waals surface area contributed by atoms with Crippen molar-refractivity contribution in [3.05, 3.63) is 40.8 Å². The van der Waals surface area contributed by atoms with Gasteiger partial charge in [-0.05, 0) is 31.9 Å². The van der Waals surface area contributed by atoms with Crippen LogP contribution in [0.15, 0.2) is 24.5 Å². The number of aryl methyl sites for hydroxylation is 1. The molecule has 1 aliphatic heterocycles. The Labute approximate surface area is 174 Å². The van der Waals surface area contributed by atoms with Crippen molar-refractivity contribution >= 4 is 39.0 Å². The molecular formula is C21H26N6OS. The average molecular weight is 411 g/mol. The van der Waals surface area contributed by atoms with E-state index in [1.165, 1.54) is 11.3 Å². The van der Waals surface area contributed by atoms with E-state index in [4.69, 9.17) is 10.7 Å². The second kappa shape index (κ2) is 7.26. The molecule has 4 heterocycles. The van der Waals surface area contributed by atoms with E-state index < -0.39 is 0 Å². The summed E-state index contributed by atoms with van der Waals surface area (Å²) in [7, 11) is 3.47. The van der Waals surface area contributed by atoms with E-state index in [2.05, 4.69) is 27.9 Å². The normalized spacial score (nSPS) is 19.5. The highest BCUT2D eigenvalue weighted by Crippen LogP contribution is 2.38. The predicted octanol–water partition coefficient (Wildman–Crippen LogP) is 3.24. The van der Waals surface area contributed by atoms with Crippen LogP contribution in [-0.2, 0) is 5.41 Å². The van der Waals surface area contributed by atoms with Crippen LogP contribution in [0.25, 0.3) is 10.2 Å². The number of nitrogens with two attached hydrogens (primary N) is 1. The maximum absolute atomic E-state index is 12.4. The molecule has 1 saturated heterocycles. The summed E-state index contributed by atoms with van der Waals surface area (Å²) in [6.07, 6.45) is 3.74. The Morgan fingerprint density at radius 2 is 2.10 bits per heavy atom. The monoisotopic (exact) mass is 410 g/mol. The molecule has 0 spiro atoms. The van der Waals surface area contributed by atoms with E-state index in [0.29, 0.717) is 10.6 Å². The van der Waals surface area contributed by atoms with Crippen LogP contribution in [0.2, 0.25) is 0 Å². The van der Waals surface area contributed by atoms with Crippen LogP contribution in [0, 0.1) is 6.92 Å². The fourth-order valence-electron chi connectivity index (χ4n) is 3.95. The summed E-state index contributed by atoms with van der Waals surface area (Å²) < 4.78 is 0. The molecule has 7 nitrogen and oxygen atoms in total. The number of carbonyl (C=O) groups is 1. The summed E-state index contributed by atoms with van der Waals surface area (Å²) in [6, 6.07) is 6.10. The summed E-state index contributed by atoms with van der Waals surface area (Å²) in [5.41, 5.74) is 8.67. The van der Waals surface area contributed by atoms with E-state index >= 15 is 0 Å². The molecule has 4 rings (SSSR count). The molecular weight excluding hydrogens is 384 g/mol. The topological polar surface area (TPSA) is 88.2 Å². The lowest BCUT2D eigenvalue weighted by Gasteiger charge is -2.40. The molecule has 3 aromatic heterocycles. The van der Waals surface area contributed by atoms with Crippen molar-refractivity contribution in [1.82, 2.24) is 19.9 Å². The maximum Gasteiger partial charge on any atom is 0.265 e. The fourth-order valence-corrected chi connectivity index (χ4v) is 5.07. The van der Waals surface area contributed by atoms with E-state index in [9.17, 15) is 4.79 Å². The summed E-state index contributed by atoms with van der Waals surface area (Å²) >= 11 is 1.37. The summed E-state index contributed by atoms with van der Waals surface area (Å²) in [5, 5.41) is 0.853. The van der Waals surface area contributed by atoms with Crippen molar-refractivity contribution in [2.45, 2.75) is 32.1 Å². The molecule has 1 aliphatic rings. The maximum atomic E-state index is 12.4. The zero-order chi connectivity index (χ0) is 20.8. The van der Waals surface area contributed by atoms with Crippen LogP contribution in [0.4, 0.5) is 11.5 Å². The number of hydrogen-bond acceptors (Lipinski definition) is 7. The van der Waals surface area contributed by atoms with Gasteiger partial charge in [-0.15, -0.1) is 11.3 Å². The Balaban J connectivity index is 1.68. The Kier molecular flexibility index (Phi) is 4.90. The van der Waals surface area contributed by atoms with Gasteiger partial charge in [0.15, 0.2) is 0 Å². The standard InChI is InChI=1S/C21H26N6OS/c1-13-10-16(24-12-23-13)27-9-5-8-21(2,11-27)15-7-6-14-17(22)18(20(28)26(3)4)29-19(14)25-15/h6-7,10,12H,5,8-9,11,22H2,1-4H3/t21-/m1/s1. The first-order valence-corrected chi connectivity index (χ1v) is 10.5. The number of anilines is 2. The minimum absolute atomic E-state index is 0.0822. The van der Waals surface area contributed by atoms with Crippen LogP contribution >= 0.6 is 11.3 Å². The van der Waals surface area contributed by atoms with E-state index in [0.717, 1.165) is 53.4 Å². The number of nitrogens with zero attached hydrogens (tertiary/aromatic N) is 5. The van der Waals surface area contributed by atoms with Gasteiger partial charge in [0.05, 0.1) is 5.69 Å². The van der Waals surface area contributed by atoms with Gasteiger partial charge in [0.25, 0.3) is 5.91 Å². The number of piperidine rings is 1. The smallest absolute Gasteiger partial charge is 0.265 e. The van der Waals surface area contributed by atoms with Crippen LogP contribution in [0.3, 0.4) is 0 Å². The molecule has 152 valence electrons. The molecule has 8 heteroatoms. The molecule has 0 aliphatic carbocycles. The van der Waals surface area contributed by atoms with E-state index in [1.807, 2.05) is 19.1 Å². The van der Waals surface area contributed by atoms with Crippen molar-refractivity contribution in [3.63, 3.8) is 0 Å². The molecule has 1 fully saturated rings. The number of nitrogen functional groups attached to an aromatic ring is 1. The van der Waals surface area contributed by atoms with Gasteiger partial charge in [-0.1, -0.05) is 6.92 Å². The number of aromatic nitrogens is 3. The second-order valence-corrected chi connectivity index (χ2v) is 9.20. The van der Waals surface area contributed by atoms with Gasteiger partial charge in [0, 0.05) is 55.4 Å². The first-order valence-electron chi connectivity index (χ1n) is 9.73. The molecule has 0 aromatic carbocycles. The molecule has 0 radical (unpaired) electrons. The predicted molar refractivity (Wildman–Crippen MR) is 118 cm³/mol. The van der Waals surface area contributed by atoms with Gasteiger partial charge in [-0.25, -0.2) is 15.0 Å². The molecule has 0 bridgehead atoms. The van der Waals surface area contributed by atoms with Crippen molar-refractivity contribution in [2.75, 3.05) is 37.8 Å². The van der Waals surface area contributed by atoms with Crippen molar-refractivity contribution in [3.8, 4) is 0 Å². The van der Waals surface area contributed by atoms with Gasteiger partial charge in [-0.2, -0.15) is 0 Å². The number of hydrogen-bond donors (Lipinski definition) is 1. The van der Waals surface area contributed by atoms with E-state index in [-0.39, 0.29) is 11.3 Å². The number of fused-ring (bicyclic) bond motifs is 1. The lowest BCUT2D eigenvalue weighted by Crippen LogP contribution is -2.45. The van der Waals surface area contributed by atoms with Crippen molar-refractivity contribution in [2.24, 2.45) is 0 Å². The zero-order valence-electron chi connectivity index (χ0n) is 17.3. The van der Waals surface area contributed by atoms with Crippen LogP contribution in [-0.4, -0.2) is 52.9 Å². The number of rotatable bonds is 3. The Hall–Kier alpha value is -2.74. The Bertz CT molecular complexity index is 1080. The largest absolute Gasteiger partial charge is 0.397 e. The summed E-state index contributed by atoms with van der Waals surface area (Å²) in [6.45, 7) is 6.05. The molecule has 1 amide bonds. The number of amides is 1. The third-order valence-corrected chi connectivity index (χ3v) is 6.73. The third kappa shape index (κ3) is 3.53. The van der Waals surface area contributed by atoms with Crippen molar-refractivity contribution in [1.29, 1.82) is 0 Å². The minimum Gasteiger partial charge on any atom is -0.397 e. The molecule has 0 saturated carbocycles. The average Bonchev–Trinajstić information content (AvgIpc) is 3.03.